The van der Waals surface area contributed by atoms with Crippen molar-refractivity contribution in [1.82, 2.24) is 0 Å². The summed E-state index contributed by atoms with van der Waals surface area (Å²) in [5.41, 5.74) is 1.16. The second-order valence-electron chi connectivity index (χ2n) is 4.54. The lowest BCUT2D eigenvalue weighted by Gasteiger charge is -2.11. The second kappa shape index (κ2) is 6.61. The SMILES string of the molecule is COc1ccc(OC)c(C[NH2+]C[C@@H]2CCCO2)c1. The lowest BCUT2D eigenvalue weighted by Crippen LogP contribution is -2.84. The van der Waals surface area contributed by atoms with Gasteiger partial charge in [0.05, 0.1) is 19.8 Å². The van der Waals surface area contributed by atoms with Gasteiger partial charge in [-0.3, -0.25) is 0 Å². The third kappa shape index (κ3) is 3.37. The van der Waals surface area contributed by atoms with Gasteiger partial charge in [0.25, 0.3) is 0 Å². The summed E-state index contributed by atoms with van der Waals surface area (Å²) >= 11 is 0. The fourth-order valence-corrected chi connectivity index (χ4v) is 2.30. The van der Waals surface area contributed by atoms with E-state index in [2.05, 4.69) is 5.32 Å². The quantitative estimate of drug-likeness (QED) is 0.819. The molecule has 0 bridgehead atoms. The molecule has 1 aromatic carbocycles. The molecule has 100 valence electrons. The van der Waals surface area contributed by atoms with Crippen LogP contribution in [0.4, 0.5) is 0 Å². The standard InChI is InChI=1S/C14H21NO3/c1-16-12-5-6-14(17-2)11(8-12)9-15-10-13-4-3-7-18-13/h5-6,8,13,15H,3-4,7,9-10H2,1-2H3/p+1/t13-/m0/s1. The van der Waals surface area contributed by atoms with Gasteiger partial charge in [-0.2, -0.15) is 0 Å². The van der Waals surface area contributed by atoms with Crippen LogP contribution in [-0.2, 0) is 11.3 Å². The van der Waals surface area contributed by atoms with Crippen molar-refractivity contribution in [3.8, 4) is 11.5 Å². The van der Waals surface area contributed by atoms with Gasteiger partial charge in [-0.05, 0) is 31.0 Å². The second-order valence-corrected chi connectivity index (χ2v) is 4.54. The van der Waals surface area contributed by atoms with Crippen molar-refractivity contribution in [2.75, 3.05) is 27.4 Å². The van der Waals surface area contributed by atoms with Crippen molar-refractivity contribution in [2.45, 2.75) is 25.5 Å². The van der Waals surface area contributed by atoms with Gasteiger partial charge in [-0.1, -0.05) is 0 Å². The largest absolute Gasteiger partial charge is 0.497 e. The Morgan fingerprint density at radius 3 is 2.89 bits per heavy atom. The van der Waals surface area contributed by atoms with Crippen LogP contribution < -0.4 is 14.8 Å². The lowest BCUT2D eigenvalue weighted by molar-refractivity contribution is -0.676. The molecule has 1 aliphatic rings. The van der Waals surface area contributed by atoms with Gasteiger partial charge < -0.3 is 19.5 Å². The van der Waals surface area contributed by atoms with E-state index >= 15 is 0 Å². The highest BCUT2D eigenvalue weighted by atomic mass is 16.5. The van der Waals surface area contributed by atoms with E-state index in [1.807, 2.05) is 18.2 Å². The van der Waals surface area contributed by atoms with E-state index in [-0.39, 0.29) is 0 Å². The molecule has 1 fully saturated rings. The van der Waals surface area contributed by atoms with E-state index in [1.54, 1.807) is 14.2 Å². The Morgan fingerprint density at radius 2 is 2.22 bits per heavy atom. The molecule has 1 aliphatic heterocycles. The van der Waals surface area contributed by atoms with Gasteiger partial charge in [0.15, 0.2) is 0 Å². The Morgan fingerprint density at radius 1 is 1.33 bits per heavy atom. The molecular weight excluding hydrogens is 230 g/mol. The first-order valence-electron chi connectivity index (χ1n) is 6.47. The fourth-order valence-electron chi connectivity index (χ4n) is 2.30. The monoisotopic (exact) mass is 252 g/mol. The van der Waals surface area contributed by atoms with Crippen LogP contribution in [0.2, 0.25) is 0 Å². The van der Waals surface area contributed by atoms with Crippen molar-refractivity contribution in [3.63, 3.8) is 0 Å². The number of ether oxygens (including phenoxy) is 3. The zero-order valence-corrected chi connectivity index (χ0v) is 11.1. The van der Waals surface area contributed by atoms with Crippen LogP contribution in [0.15, 0.2) is 18.2 Å². The smallest absolute Gasteiger partial charge is 0.127 e. The van der Waals surface area contributed by atoms with E-state index in [0.29, 0.717) is 6.10 Å². The summed E-state index contributed by atoms with van der Waals surface area (Å²) in [5.74, 6) is 1.79. The molecule has 1 saturated heterocycles. The Bertz CT molecular complexity index is 375. The molecule has 0 aromatic heterocycles. The molecule has 4 heteroatoms. The number of hydrogen-bond donors (Lipinski definition) is 1. The van der Waals surface area contributed by atoms with Crippen LogP contribution in [0.3, 0.4) is 0 Å². The zero-order chi connectivity index (χ0) is 12.8. The number of methoxy groups -OCH3 is 2. The van der Waals surface area contributed by atoms with Gasteiger partial charge in [-0.25, -0.2) is 0 Å². The normalized spacial score (nSPS) is 18.9. The highest BCUT2D eigenvalue weighted by molar-refractivity contribution is 5.39. The minimum atomic E-state index is 0.418. The maximum Gasteiger partial charge on any atom is 0.127 e. The summed E-state index contributed by atoms with van der Waals surface area (Å²) in [5, 5.41) is 2.27. The van der Waals surface area contributed by atoms with Crippen molar-refractivity contribution in [2.24, 2.45) is 0 Å². The molecule has 0 amide bonds. The Balaban J connectivity index is 1.89. The zero-order valence-electron chi connectivity index (χ0n) is 11.1. The van der Waals surface area contributed by atoms with E-state index in [4.69, 9.17) is 14.2 Å². The summed E-state index contributed by atoms with van der Waals surface area (Å²) in [4.78, 5) is 0. The molecule has 0 saturated carbocycles. The summed E-state index contributed by atoms with van der Waals surface area (Å²) in [7, 11) is 3.38. The average molecular weight is 252 g/mol. The van der Waals surface area contributed by atoms with Gasteiger partial charge in [0.1, 0.15) is 30.7 Å². The molecule has 18 heavy (non-hydrogen) atoms. The number of hydrogen-bond acceptors (Lipinski definition) is 3. The maximum atomic E-state index is 5.61. The minimum Gasteiger partial charge on any atom is -0.497 e. The predicted molar refractivity (Wildman–Crippen MR) is 69.0 cm³/mol. The highest BCUT2D eigenvalue weighted by Crippen LogP contribution is 2.22. The summed E-state index contributed by atoms with van der Waals surface area (Å²) in [6.45, 7) is 2.82. The molecule has 0 radical (unpaired) electrons. The van der Waals surface area contributed by atoms with Crippen LogP contribution in [0.25, 0.3) is 0 Å². The van der Waals surface area contributed by atoms with Gasteiger partial charge in [-0.15, -0.1) is 0 Å². The number of rotatable bonds is 6. The van der Waals surface area contributed by atoms with Crippen LogP contribution >= 0.6 is 0 Å². The number of benzene rings is 1. The summed E-state index contributed by atoms with van der Waals surface area (Å²) in [6.07, 6.45) is 2.80. The molecule has 4 nitrogen and oxygen atoms in total. The minimum absolute atomic E-state index is 0.418. The summed E-state index contributed by atoms with van der Waals surface area (Å²) in [6, 6.07) is 5.90. The van der Waals surface area contributed by atoms with Gasteiger partial charge in [0, 0.05) is 6.61 Å². The predicted octanol–water partition coefficient (Wildman–Crippen LogP) is 0.946. The van der Waals surface area contributed by atoms with E-state index in [9.17, 15) is 0 Å². The Labute approximate surface area is 108 Å². The fraction of sp³-hybridized carbons (Fsp3) is 0.571. The molecule has 0 spiro atoms. The van der Waals surface area contributed by atoms with Crippen molar-refractivity contribution < 1.29 is 19.5 Å². The van der Waals surface area contributed by atoms with Crippen molar-refractivity contribution in [1.29, 1.82) is 0 Å². The van der Waals surface area contributed by atoms with Crippen LogP contribution in [-0.4, -0.2) is 33.5 Å². The first-order chi connectivity index (χ1) is 8.83. The van der Waals surface area contributed by atoms with Crippen LogP contribution in [0, 0.1) is 0 Å². The number of quaternary nitrogens is 1. The highest BCUT2D eigenvalue weighted by Gasteiger charge is 2.17. The first kappa shape index (κ1) is 13.2. The maximum absolute atomic E-state index is 5.61. The third-order valence-electron chi connectivity index (χ3n) is 3.31. The molecule has 0 unspecified atom stereocenters. The molecule has 1 heterocycles. The summed E-state index contributed by atoms with van der Waals surface area (Å²) < 4.78 is 16.2. The van der Waals surface area contributed by atoms with Crippen molar-refractivity contribution in [3.05, 3.63) is 23.8 Å². The van der Waals surface area contributed by atoms with E-state index in [1.165, 1.54) is 12.8 Å². The topological polar surface area (TPSA) is 44.3 Å². The third-order valence-corrected chi connectivity index (χ3v) is 3.31. The van der Waals surface area contributed by atoms with E-state index in [0.717, 1.165) is 36.8 Å². The molecule has 2 rings (SSSR count). The van der Waals surface area contributed by atoms with Crippen LogP contribution in [0.5, 0.6) is 11.5 Å². The molecule has 2 N–H and O–H groups in total. The lowest BCUT2D eigenvalue weighted by atomic mass is 10.1. The van der Waals surface area contributed by atoms with Gasteiger partial charge in [0.2, 0.25) is 0 Å². The van der Waals surface area contributed by atoms with Gasteiger partial charge >= 0.3 is 0 Å². The molecule has 1 atom stereocenters. The van der Waals surface area contributed by atoms with E-state index < -0.39 is 0 Å². The van der Waals surface area contributed by atoms with Crippen molar-refractivity contribution >= 4 is 0 Å². The molecule has 1 aromatic rings. The van der Waals surface area contributed by atoms with Crippen LogP contribution in [0.1, 0.15) is 18.4 Å². The molecular formula is C14H22NO3+. The average Bonchev–Trinajstić information content (AvgIpc) is 2.92. The number of nitrogens with two attached hydrogens (primary N) is 1. The molecule has 0 aliphatic carbocycles. The first-order valence-corrected chi connectivity index (χ1v) is 6.47. The Kier molecular flexibility index (Phi) is 4.84. The Hall–Kier alpha value is -1.26.